The fraction of sp³-hybridized carbons (Fsp3) is 0.250. The average Bonchev–Trinajstić information content (AvgIpc) is 2.90. The van der Waals surface area contributed by atoms with Gasteiger partial charge in [0, 0.05) is 13.6 Å². The highest BCUT2D eigenvalue weighted by Crippen LogP contribution is 2.08. The number of alkyl carbamates (subject to hydrolysis) is 1. The van der Waals surface area contributed by atoms with E-state index in [1.807, 2.05) is 91.0 Å². The van der Waals surface area contributed by atoms with Gasteiger partial charge in [-0.3, -0.25) is 9.59 Å². The Morgan fingerprint density at radius 1 is 0.743 bits per heavy atom. The zero-order valence-electron chi connectivity index (χ0n) is 19.8. The Morgan fingerprint density at radius 3 is 1.77 bits per heavy atom. The van der Waals surface area contributed by atoms with Crippen LogP contribution in [-0.2, 0) is 38.7 Å². The highest BCUT2D eigenvalue weighted by Gasteiger charge is 2.28. The van der Waals surface area contributed by atoms with Gasteiger partial charge in [-0.05, 0) is 23.1 Å². The van der Waals surface area contributed by atoms with Crippen molar-refractivity contribution in [1.82, 2.24) is 10.2 Å². The number of nitrogens with one attached hydrogen (secondary N) is 1. The first kappa shape index (κ1) is 25.5. The molecule has 0 spiro atoms. The summed E-state index contributed by atoms with van der Waals surface area (Å²) in [5, 5.41) is 2.54. The molecule has 1 atom stereocenters. The van der Waals surface area contributed by atoms with Crippen molar-refractivity contribution in [1.29, 1.82) is 0 Å². The highest BCUT2D eigenvalue weighted by atomic mass is 16.5. The fourth-order valence-electron chi connectivity index (χ4n) is 3.39. The largest absolute Gasteiger partial charge is 0.461 e. The summed E-state index contributed by atoms with van der Waals surface area (Å²) in [5.41, 5.74) is 2.73. The van der Waals surface area contributed by atoms with Gasteiger partial charge in [-0.2, -0.15) is 0 Å². The van der Waals surface area contributed by atoms with Gasteiger partial charge in [-0.25, -0.2) is 4.79 Å². The molecule has 0 bridgehead atoms. The Kier molecular flexibility index (Phi) is 9.87. The van der Waals surface area contributed by atoms with E-state index in [0.717, 1.165) is 16.7 Å². The molecule has 0 radical (unpaired) electrons. The maximum absolute atomic E-state index is 13.1. The van der Waals surface area contributed by atoms with Crippen LogP contribution in [0.4, 0.5) is 4.79 Å². The molecule has 7 nitrogen and oxygen atoms in total. The lowest BCUT2D eigenvalue weighted by atomic mass is 10.1. The number of carbonyl (C=O) groups is 3. The van der Waals surface area contributed by atoms with Gasteiger partial charge in [0.2, 0.25) is 5.91 Å². The zero-order valence-corrected chi connectivity index (χ0v) is 19.8. The number of rotatable bonds is 11. The summed E-state index contributed by atoms with van der Waals surface area (Å²) in [6, 6.07) is 27.1. The molecular formula is C28H30N2O5. The van der Waals surface area contributed by atoms with Crippen LogP contribution in [0.3, 0.4) is 0 Å². The third-order valence-electron chi connectivity index (χ3n) is 5.37. The minimum Gasteiger partial charge on any atom is -0.461 e. The van der Waals surface area contributed by atoms with Crippen molar-refractivity contribution >= 4 is 18.0 Å². The molecule has 3 rings (SSSR count). The summed E-state index contributed by atoms with van der Waals surface area (Å²) in [5.74, 6) is -0.985. The Labute approximate surface area is 205 Å². The molecule has 0 aliphatic heterocycles. The Bertz CT molecular complexity index is 1020. The lowest BCUT2D eigenvalue weighted by molar-refractivity contribution is -0.148. The third-order valence-corrected chi connectivity index (χ3v) is 5.37. The molecular weight excluding hydrogens is 444 g/mol. The van der Waals surface area contributed by atoms with Crippen LogP contribution in [0, 0.1) is 0 Å². The quantitative estimate of drug-likeness (QED) is 0.423. The first-order valence-electron chi connectivity index (χ1n) is 11.5. The van der Waals surface area contributed by atoms with E-state index in [1.54, 1.807) is 7.05 Å². The van der Waals surface area contributed by atoms with Gasteiger partial charge in [-0.15, -0.1) is 0 Å². The first-order chi connectivity index (χ1) is 17.0. The molecule has 3 aromatic rings. The van der Waals surface area contributed by atoms with Crippen LogP contribution >= 0.6 is 0 Å². The predicted octanol–water partition coefficient (Wildman–Crippen LogP) is 4.12. The number of likely N-dealkylation sites (N-methyl/N-ethyl adjacent to an activating group) is 1. The summed E-state index contributed by atoms with van der Waals surface area (Å²) in [6.45, 7) is 0.567. The maximum atomic E-state index is 13.1. The average molecular weight is 475 g/mol. The van der Waals surface area contributed by atoms with Crippen molar-refractivity contribution in [3.05, 3.63) is 108 Å². The molecule has 182 valence electrons. The van der Waals surface area contributed by atoms with Crippen LogP contribution in [0.2, 0.25) is 0 Å². The molecule has 7 heteroatoms. The highest BCUT2D eigenvalue weighted by molar-refractivity contribution is 5.89. The lowest BCUT2D eigenvalue weighted by Gasteiger charge is -2.24. The Morgan fingerprint density at radius 2 is 1.23 bits per heavy atom. The van der Waals surface area contributed by atoms with E-state index in [4.69, 9.17) is 9.47 Å². The number of carbonyl (C=O) groups excluding carboxylic acids is 3. The van der Waals surface area contributed by atoms with E-state index in [0.29, 0.717) is 13.0 Å². The summed E-state index contributed by atoms with van der Waals surface area (Å²) in [4.78, 5) is 39.6. The Balaban J connectivity index is 1.59. The van der Waals surface area contributed by atoms with E-state index in [9.17, 15) is 14.4 Å². The minimum atomic E-state index is -1.11. The molecule has 0 aliphatic carbocycles. The van der Waals surface area contributed by atoms with Crippen molar-refractivity contribution in [2.75, 3.05) is 13.6 Å². The van der Waals surface area contributed by atoms with Gasteiger partial charge in [-0.1, -0.05) is 91.0 Å². The monoisotopic (exact) mass is 474 g/mol. The van der Waals surface area contributed by atoms with E-state index in [1.165, 1.54) is 4.90 Å². The molecule has 35 heavy (non-hydrogen) atoms. The van der Waals surface area contributed by atoms with Crippen molar-refractivity contribution in [3.63, 3.8) is 0 Å². The Hall–Kier alpha value is -4.13. The normalized spacial score (nSPS) is 11.2. The zero-order chi connectivity index (χ0) is 24.9. The topological polar surface area (TPSA) is 84.9 Å². The van der Waals surface area contributed by atoms with E-state index >= 15 is 0 Å². The fourth-order valence-corrected chi connectivity index (χ4v) is 3.39. The second-order valence-electron chi connectivity index (χ2n) is 8.10. The summed E-state index contributed by atoms with van der Waals surface area (Å²) in [7, 11) is 1.64. The van der Waals surface area contributed by atoms with Crippen LogP contribution in [-0.4, -0.2) is 42.5 Å². The number of nitrogens with zero attached hydrogens (tertiary/aromatic N) is 1. The van der Waals surface area contributed by atoms with E-state index in [2.05, 4.69) is 5.32 Å². The molecule has 0 saturated heterocycles. The second kappa shape index (κ2) is 13.5. The SMILES string of the molecule is CN(CCc1ccccc1)C(=O)C(CC(=O)OCc1ccccc1)NC(=O)OCc1ccccc1. The summed E-state index contributed by atoms with van der Waals surface area (Å²) < 4.78 is 10.6. The van der Waals surface area contributed by atoms with Gasteiger partial charge >= 0.3 is 12.1 Å². The van der Waals surface area contributed by atoms with Gasteiger partial charge in [0.25, 0.3) is 0 Å². The van der Waals surface area contributed by atoms with Gasteiger partial charge in [0.1, 0.15) is 19.3 Å². The van der Waals surface area contributed by atoms with Crippen LogP contribution in [0.25, 0.3) is 0 Å². The smallest absolute Gasteiger partial charge is 0.408 e. The van der Waals surface area contributed by atoms with Crippen molar-refractivity contribution in [2.24, 2.45) is 0 Å². The molecule has 1 unspecified atom stereocenters. The van der Waals surface area contributed by atoms with Gasteiger partial charge < -0.3 is 19.7 Å². The maximum Gasteiger partial charge on any atom is 0.408 e. The number of hydrogen-bond donors (Lipinski definition) is 1. The van der Waals surface area contributed by atoms with Crippen LogP contribution < -0.4 is 5.32 Å². The number of benzene rings is 3. The van der Waals surface area contributed by atoms with Crippen molar-refractivity contribution < 1.29 is 23.9 Å². The summed E-state index contributed by atoms with van der Waals surface area (Å²) in [6.07, 6.45) is -0.436. The standard InChI is InChI=1S/C28H30N2O5/c1-30(18-17-22-11-5-2-6-12-22)27(32)25(19-26(31)34-20-23-13-7-3-8-14-23)29-28(33)35-21-24-15-9-4-10-16-24/h2-16,25H,17-21H2,1H3,(H,29,33). The molecule has 2 amide bonds. The number of esters is 1. The van der Waals surface area contributed by atoms with Gasteiger partial charge in [0.15, 0.2) is 0 Å². The van der Waals surface area contributed by atoms with E-state index < -0.39 is 24.0 Å². The van der Waals surface area contributed by atoms with Crippen LogP contribution in [0.1, 0.15) is 23.1 Å². The number of ether oxygens (including phenoxy) is 2. The molecule has 0 saturated carbocycles. The first-order valence-corrected chi connectivity index (χ1v) is 11.5. The van der Waals surface area contributed by atoms with Crippen molar-refractivity contribution in [2.45, 2.75) is 32.1 Å². The number of amides is 2. The molecule has 1 N–H and O–H groups in total. The van der Waals surface area contributed by atoms with Crippen LogP contribution in [0.5, 0.6) is 0 Å². The predicted molar refractivity (Wildman–Crippen MR) is 132 cm³/mol. The molecule has 0 aliphatic rings. The van der Waals surface area contributed by atoms with Crippen LogP contribution in [0.15, 0.2) is 91.0 Å². The minimum absolute atomic E-state index is 0.0515. The third kappa shape index (κ3) is 8.97. The summed E-state index contributed by atoms with van der Waals surface area (Å²) >= 11 is 0. The lowest BCUT2D eigenvalue weighted by Crippen LogP contribution is -2.49. The number of hydrogen-bond acceptors (Lipinski definition) is 5. The molecule has 0 aromatic heterocycles. The van der Waals surface area contributed by atoms with E-state index in [-0.39, 0.29) is 19.6 Å². The van der Waals surface area contributed by atoms with Gasteiger partial charge in [0.05, 0.1) is 6.42 Å². The molecule has 0 fully saturated rings. The molecule has 0 heterocycles. The van der Waals surface area contributed by atoms with Crippen molar-refractivity contribution in [3.8, 4) is 0 Å². The molecule has 3 aromatic carbocycles. The second-order valence-corrected chi connectivity index (χ2v) is 8.10.